The number of fused-ring (bicyclic) bond motifs is 1. The van der Waals surface area contributed by atoms with Crippen LogP contribution in [0.1, 0.15) is 22.1 Å². The first-order chi connectivity index (χ1) is 11.9. The molecule has 0 saturated carbocycles. The summed E-state index contributed by atoms with van der Waals surface area (Å²) in [6, 6.07) is 11.8. The average molecular weight is 406 g/mol. The Bertz CT molecular complexity index is 843. The molecule has 1 heterocycles. The molecule has 1 atom stereocenters. The highest BCUT2D eigenvalue weighted by atomic mass is 79.9. The fourth-order valence-electron chi connectivity index (χ4n) is 3.03. The van der Waals surface area contributed by atoms with Crippen LogP contribution in [0.25, 0.3) is 0 Å². The quantitative estimate of drug-likeness (QED) is 0.853. The zero-order valence-electron chi connectivity index (χ0n) is 13.8. The minimum atomic E-state index is -0.517. The maximum atomic E-state index is 13.6. The van der Waals surface area contributed by atoms with E-state index in [0.717, 1.165) is 0 Å². The summed E-state index contributed by atoms with van der Waals surface area (Å²) in [4.78, 5) is 28.2. The molecule has 5 nitrogen and oxygen atoms in total. The molecule has 0 fully saturated rings. The lowest BCUT2D eigenvalue weighted by Crippen LogP contribution is -2.50. The monoisotopic (exact) mass is 405 g/mol. The van der Waals surface area contributed by atoms with Gasteiger partial charge < -0.3 is 15.1 Å². The average Bonchev–Trinajstić information content (AvgIpc) is 2.62. The van der Waals surface area contributed by atoms with Crippen molar-refractivity contribution in [2.45, 2.75) is 6.17 Å². The molecule has 0 aromatic heterocycles. The van der Waals surface area contributed by atoms with Crippen LogP contribution >= 0.6 is 15.9 Å². The van der Waals surface area contributed by atoms with Gasteiger partial charge in [-0.25, -0.2) is 4.39 Å². The van der Waals surface area contributed by atoms with Gasteiger partial charge in [0.05, 0.1) is 22.3 Å². The van der Waals surface area contributed by atoms with E-state index in [9.17, 15) is 14.0 Å². The number of rotatable bonds is 3. The van der Waals surface area contributed by atoms with Crippen molar-refractivity contribution in [3.05, 3.63) is 63.9 Å². The van der Waals surface area contributed by atoms with Gasteiger partial charge in [0, 0.05) is 14.1 Å². The van der Waals surface area contributed by atoms with Crippen LogP contribution in [0.3, 0.4) is 0 Å². The van der Waals surface area contributed by atoms with Crippen LogP contribution in [-0.4, -0.2) is 37.4 Å². The van der Waals surface area contributed by atoms with Crippen LogP contribution < -0.4 is 10.2 Å². The Morgan fingerprint density at radius 3 is 2.68 bits per heavy atom. The third kappa shape index (κ3) is 3.11. The van der Waals surface area contributed by atoms with Gasteiger partial charge in [0.15, 0.2) is 0 Å². The molecule has 0 aliphatic carbocycles. The largest absolute Gasteiger partial charge is 0.358 e. The SMILES string of the molecule is CNC(=O)CN1c2ccccc2C(=O)N(C)[C@H]1c1ccc(F)c(Br)c1. The number of nitrogens with zero attached hydrogens (tertiary/aromatic N) is 2. The molecule has 0 unspecified atom stereocenters. The highest BCUT2D eigenvalue weighted by molar-refractivity contribution is 9.10. The predicted octanol–water partition coefficient (Wildman–Crippen LogP) is 2.93. The summed E-state index contributed by atoms with van der Waals surface area (Å²) in [5.41, 5.74) is 1.92. The first-order valence-corrected chi connectivity index (χ1v) is 8.51. The highest BCUT2D eigenvalue weighted by Gasteiger charge is 2.37. The first kappa shape index (κ1) is 17.4. The molecule has 1 N–H and O–H groups in total. The summed E-state index contributed by atoms with van der Waals surface area (Å²) in [6.07, 6.45) is -0.517. The second-order valence-corrected chi connectivity index (χ2v) is 6.64. The molecule has 2 aromatic rings. The molecule has 7 heteroatoms. The Balaban J connectivity index is 2.14. The summed E-state index contributed by atoms with van der Waals surface area (Å²) < 4.78 is 13.9. The van der Waals surface area contributed by atoms with Crippen LogP contribution in [0.4, 0.5) is 10.1 Å². The molecule has 2 amide bonds. The van der Waals surface area contributed by atoms with Crippen molar-refractivity contribution in [1.82, 2.24) is 10.2 Å². The molecule has 3 rings (SSSR count). The van der Waals surface area contributed by atoms with Gasteiger partial charge in [-0.2, -0.15) is 0 Å². The Morgan fingerprint density at radius 1 is 1.28 bits per heavy atom. The van der Waals surface area contributed by atoms with Gasteiger partial charge in [-0.05, 0) is 45.8 Å². The Hall–Kier alpha value is -2.41. The van der Waals surface area contributed by atoms with Gasteiger partial charge in [-0.1, -0.05) is 18.2 Å². The molecule has 2 aromatic carbocycles. The minimum Gasteiger partial charge on any atom is -0.358 e. The number of anilines is 1. The molecular formula is C18H17BrFN3O2. The van der Waals surface area contributed by atoms with Gasteiger partial charge >= 0.3 is 0 Å². The Labute approximate surface area is 153 Å². The molecule has 1 aliphatic heterocycles. The van der Waals surface area contributed by atoms with E-state index in [1.54, 1.807) is 43.3 Å². The van der Waals surface area contributed by atoms with Crippen LogP contribution in [0, 0.1) is 5.82 Å². The van der Waals surface area contributed by atoms with Gasteiger partial charge in [0.1, 0.15) is 12.0 Å². The lowest BCUT2D eigenvalue weighted by Gasteiger charge is -2.44. The lowest BCUT2D eigenvalue weighted by molar-refractivity contribution is -0.119. The number of benzene rings is 2. The zero-order valence-corrected chi connectivity index (χ0v) is 15.4. The lowest BCUT2D eigenvalue weighted by atomic mass is 10.0. The summed E-state index contributed by atoms with van der Waals surface area (Å²) in [7, 11) is 3.24. The highest BCUT2D eigenvalue weighted by Crippen LogP contribution is 2.38. The zero-order chi connectivity index (χ0) is 18.1. The molecule has 0 radical (unpaired) electrons. The number of likely N-dealkylation sites (N-methyl/N-ethyl adjacent to an activating group) is 1. The number of halogens is 2. The Morgan fingerprint density at radius 2 is 2.00 bits per heavy atom. The summed E-state index contributed by atoms with van der Waals surface area (Å²) >= 11 is 3.19. The topological polar surface area (TPSA) is 52.7 Å². The molecule has 0 saturated heterocycles. The maximum absolute atomic E-state index is 13.6. The van der Waals surface area contributed by atoms with Gasteiger partial charge in [-0.15, -0.1) is 0 Å². The van der Waals surface area contributed by atoms with E-state index >= 15 is 0 Å². The van der Waals surface area contributed by atoms with E-state index in [0.29, 0.717) is 21.3 Å². The fourth-order valence-corrected chi connectivity index (χ4v) is 3.43. The predicted molar refractivity (Wildman–Crippen MR) is 96.8 cm³/mol. The number of hydrogen-bond donors (Lipinski definition) is 1. The normalized spacial score (nSPS) is 16.6. The second kappa shape index (κ2) is 6.84. The second-order valence-electron chi connectivity index (χ2n) is 5.78. The van der Waals surface area contributed by atoms with E-state index in [-0.39, 0.29) is 24.2 Å². The van der Waals surface area contributed by atoms with E-state index in [2.05, 4.69) is 21.2 Å². The van der Waals surface area contributed by atoms with Gasteiger partial charge in [0.25, 0.3) is 5.91 Å². The van der Waals surface area contributed by atoms with Crippen molar-refractivity contribution in [1.29, 1.82) is 0 Å². The molecule has 1 aliphatic rings. The van der Waals surface area contributed by atoms with Crippen molar-refractivity contribution < 1.29 is 14.0 Å². The molecular weight excluding hydrogens is 389 g/mol. The third-order valence-corrected chi connectivity index (χ3v) is 4.87. The van der Waals surface area contributed by atoms with Crippen LogP contribution in [0.5, 0.6) is 0 Å². The summed E-state index contributed by atoms with van der Waals surface area (Å²) in [6.45, 7) is 0.0742. The van der Waals surface area contributed by atoms with E-state index in [1.165, 1.54) is 6.07 Å². The third-order valence-electron chi connectivity index (χ3n) is 4.26. The number of para-hydroxylation sites is 1. The summed E-state index contributed by atoms with van der Waals surface area (Å²) in [5.74, 6) is -0.704. The van der Waals surface area contributed by atoms with Crippen LogP contribution in [-0.2, 0) is 4.79 Å². The van der Waals surface area contributed by atoms with Crippen LogP contribution in [0.2, 0.25) is 0 Å². The van der Waals surface area contributed by atoms with Crippen molar-refractivity contribution in [2.75, 3.05) is 25.5 Å². The van der Waals surface area contributed by atoms with E-state index in [1.807, 2.05) is 17.0 Å². The molecule has 0 spiro atoms. The van der Waals surface area contributed by atoms with Crippen LogP contribution in [0.15, 0.2) is 46.9 Å². The van der Waals surface area contributed by atoms with E-state index < -0.39 is 6.17 Å². The first-order valence-electron chi connectivity index (χ1n) is 7.72. The van der Waals surface area contributed by atoms with E-state index in [4.69, 9.17) is 0 Å². The number of amides is 2. The maximum Gasteiger partial charge on any atom is 0.257 e. The number of hydrogen-bond acceptors (Lipinski definition) is 3. The number of carbonyl (C=O) groups is 2. The smallest absolute Gasteiger partial charge is 0.257 e. The standard InChI is InChI=1S/C18H17BrFN3O2/c1-21-16(24)10-23-15-6-4-3-5-12(15)18(25)22(2)17(23)11-7-8-14(20)13(19)9-11/h3-9,17H,10H2,1-2H3,(H,21,24)/t17-/m1/s1. The molecule has 0 bridgehead atoms. The van der Waals surface area contributed by atoms with Crippen molar-refractivity contribution in [3.8, 4) is 0 Å². The van der Waals surface area contributed by atoms with Gasteiger partial charge in [0.2, 0.25) is 5.91 Å². The van der Waals surface area contributed by atoms with Gasteiger partial charge in [-0.3, -0.25) is 9.59 Å². The fraction of sp³-hybridized carbons (Fsp3) is 0.222. The molecule has 130 valence electrons. The van der Waals surface area contributed by atoms with Crippen molar-refractivity contribution >= 4 is 33.4 Å². The van der Waals surface area contributed by atoms with Crippen molar-refractivity contribution in [3.63, 3.8) is 0 Å². The number of carbonyl (C=O) groups excluding carboxylic acids is 2. The summed E-state index contributed by atoms with van der Waals surface area (Å²) in [5, 5.41) is 2.61. The Kier molecular flexibility index (Phi) is 4.76. The number of nitrogens with one attached hydrogen (secondary N) is 1. The molecule has 25 heavy (non-hydrogen) atoms. The van der Waals surface area contributed by atoms with Crippen molar-refractivity contribution in [2.24, 2.45) is 0 Å². The minimum absolute atomic E-state index is 0.0742.